The molecule has 0 aromatic heterocycles. The molecule has 2 aliphatic heterocycles. The number of nitrogens with zero attached hydrogens (tertiary/aromatic N) is 2. The van der Waals surface area contributed by atoms with E-state index in [1.807, 2.05) is 24.3 Å². The maximum atomic E-state index is 13.6. The summed E-state index contributed by atoms with van der Waals surface area (Å²) in [5.74, 6) is -0.806. The number of amides is 4. The van der Waals surface area contributed by atoms with E-state index in [0.717, 1.165) is 63.2 Å². The average Bonchev–Trinajstić information content (AvgIpc) is 3.09. The molecule has 5 N–H and O–H groups in total. The second kappa shape index (κ2) is 16.6. The van der Waals surface area contributed by atoms with Gasteiger partial charge in [-0.05, 0) is 108 Å². The molecule has 0 bridgehead atoms. The summed E-state index contributed by atoms with van der Waals surface area (Å²) < 4.78 is 5.40. The summed E-state index contributed by atoms with van der Waals surface area (Å²) in [7, 11) is 1.63. The number of carbonyl (C=O) groups is 4. The molecule has 0 spiro atoms. The first-order valence-corrected chi connectivity index (χ1v) is 16.7. The molecule has 11 heteroatoms. The lowest BCUT2D eigenvalue weighted by molar-refractivity contribution is 0.0587. The predicted molar refractivity (Wildman–Crippen MR) is 182 cm³/mol. The highest BCUT2D eigenvalue weighted by Crippen LogP contribution is 2.37. The summed E-state index contributed by atoms with van der Waals surface area (Å²) in [6.45, 7) is 6.00. The number of hydrogen-bond donors (Lipinski definition) is 4. The zero-order chi connectivity index (χ0) is 33.2. The molecule has 0 unspecified atom stereocenters. The minimum atomic E-state index is -0.410. The average molecular weight is 643 g/mol. The summed E-state index contributed by atoms with van der Waals surface area (Å²) in [6, 6.07) is 14.2. The van der Waals surface area contributed by atoms with Gasteiger partial charge in [0.15, 0.2) is 0 Å². The number of rotatable bonds is 20. The number of hydrogen-bond acceptors (Lipinski definition) is 9. The molecule has 47 heavy (non-hydrogen) atoms. The minimum absolute atomic E-state index is 0.243. The number of imide groups is 2. The van der Waals surface area contributed by atoms with Crippen molar-refractivity contribution in [3.8, 4) is 5.75 Å². The molecule has 5 rings (SSSR count). The van der Waals surface area contributed by atoms with Crippen LogP contribution in [0.25, 0.3) is 10.8 Å². The maximum Gasteiger partial charge on any atom is 0.261 e. The highest BCUT2D eigenvalue weighted by Gasteiger charge is 2.39. The number of carbonyl (C=O) groups excluding carboxylic acids is 4. The van der Waals surface area contributed by atoms with Crippen LogP contribution < -0.4 is 26.4 Å². The number of nitrogens with two attached hydrogens (primary N) is 1. The fourth-order valence-corrected chi connectivity index (χ4v) is 6.32. The van der Waals surface area contributed by atoms with Crippen molar-refractivity contribution in [3.63, 3.8) is 0 Å². The van der Waals surface area contributed by atoms with Gasteiger partial charge in [-0.25, -0.2) is 0 Å². The molecule has 11 nitrogen and oxygen atoms in total. The van der Waals surface area contributed by atoms with Crippen LogP contribution in [0.3, 0.4) is 0 Å². The Kier molecular flexibility index (Phi) is 12.1. The number of ether oxygens (including phenoxy) is 1. The molecule has 2 heterocycles. The lowest BCUT2D eigenvalue weighted by Gasteiger charge is -2.32. The van der Waals surface area contributed by atoms with Gasteiger partial charge in [-0.2, -0.15) is 0 Å². The van der Waals surface area contributed by atoms with Crippen molar-refractivity contribution in [2.45, 2.75) is 45.1 Å². The molecule has 0 aliphatic carbocycles. The molecule has 3 aromatic carbocycles. The maximum absolute atomic E-state index is 13.6. The van der Waals surface area contributed by atoms with E-state index in [-0.39, 0.29) is 13.1 Å². The Bertz CT molecular complexity index is 1540. The molecule has 0 atom stereocenters. The van der Waals surface area contributed by atoms with Gasteiger partial charge in [-0.15, -0.1) is 0 Å². The number of nitrogens with one attached hydrogen (secondary N) is 3. The minimum Gasteiger partial charge on any atom is -0.496 e. The van der Waals surface area contributed by atoms with Crippen molar-refractivity contribution in [2.24, 2.45) is 5.73 Å². The van der Waals surface area contributed by atoms with E-state index in [0.29, 0.717) is 65.5 Å². The Balaban J connectivity index is 1.14. The smallest absolute Gasteiger partial charge is 0.261 e. The Morgan fingerprint density at radius 3 is 1.47 bits per heavy atom. The van der Waals surface area contributed by atoms with E-state index in [4.69, 9.17) is 10.5 Å². The molecular weight excluding hydrogens is 596 g/mol. The van der Waals surface area contributed by atoms with Crippen LogP contribution in [-0.4, -0.2) is 92.9 Å². The van der Waals surface area contributed by atoms with Crippen LogP contribution in [0.1, 0.15) is 85.5 Å². The normalized spacial score (nSPS) is 14.1. The first kappa shape index (κ1) is 34.2. The zero-order valence-electron chi connectivity index (χ0n) is 27.2. The third-order valence-corrected chi connectivity index (χ3v) is 8.81. The Labute approximate surface area is 276 Å². The van der Waals surface area contributed by atoms with Gasteiger partial charge in [0.25, 0.3) is 23.6 Å². The first-order valence-electron chi connectivity index (χ1n) is 16.7. The summed E-state index contributed by atoms with van der Waals surface area (Å²) in [6.07, 6.45) is 5.46. The molecular formula is C36H46N6O5. The fourth-order valence-electron chi connectivity index (χ4n) is 6.32. The van der Waals surface area contributed by atoms with Crippen molar-refractivity contribution in [1.82, 2.24) is 25.8 Å². The van der Waals surface area contributed by atoms with E-state index in [1.54, 1.807) is 31.4 Å². The van der Waals surface area contributed by atoms with Crippen LogP contribution in [0, 0.1) is 0 Å². The van der Waals surface area contributed by atoms with Gasteiger partial charge < -0.3 is 26.4 Å². The largest absolute Gasteiger partial charge is 0.496 e. The third kappa shape index (κ3) is 7.70. The topological polar surface area (TPSA) is 146 Å². The molecule has 0 radical (unpaired) electrons. The summed E-state index contributed by atoms with van der Waals surface area (Å²) in [5, 5.41) is 11.0. The second-order valence-corrected chi connectivity index (χ2v) is 12.0. The molecule has 0 saturated heterocycles. The number of methoxy groups -OCH3 is 1. The predicted octanol–water partition coefficient (Wildman–Crippen LogP) is 3.31. The molecule has 4 amide bonds. The monoisotopic (exact) mass is 642 g/mol. The third-order valence-electron chi connectivity index (χ3n) is 8.81. The van der Waals surface area contributed by atoms with E-state index in [9.17, 15) is 19.2 Å². The van der Waals surface area contributed by atoms with E-state index in [1.165, 1.54) is 9.80 Å². The second-order valence-electron chi connectivity index (χ2n) is 12.0. The molecule has 0 fully saturated rings. The van der Waals surface area contributed by atoms with Crippen molar-refractivity contribution < 1.29 is 23.9 Å². The Morgan fingerprint density at radius 2 is 1.00 bits per heavy atom. The highest BCUT2D eigenvalue weighted by molar-refractivity contribution is 6.33. The van der Waals surface area contributed by atoms with Gasteiger partial charge in [-0.1, -0.05) is 18.2 Å². The van der Waals surface area contributed by atoms with Crippen LogP contribution in [0.2, 0.25) is 0 Å². The molecule has 0 saturated carbocycles. The van der Waals surface area contributed by atoms with E-state index in [2.05, 4.69) is 16.0 Å². The molecule has 3 aromatic rings. The van der Waals surface area contributed by atoms with Gasteiger partial charge in [0.05, 0.1) is 7.11 Å². The van der Waals surface area contributed by atoms with Crippen molar-refractivity contribution >= 4 is 34.4 Å². The zero-order valence-corrected chi connectivity index (χ0v) is 27.2. The van der Waals surface area contributed by atoms with E-state index < -0.39 is 23.6 Å². The number of benzene rings is 3. The van der Waals surface area contributed by atoms with Crippen molar-refractivity contribution in [3.05, 3.63) is 76.3 Å². The SMILES string of the molecule is COc1ccccc1CNCCCN1C(=O)c2ccc3c4c(ccc(c24)C1=O)C(=O)N(CCCNCCCCNCCCCN)C3=O. The van der Waals surface area contributed by atoms with Crippen LogP contribution in [0.4, 0.5) is 0 Å². The van der Waals surface area contributed by atoms with Gasteiger partial charge >= 0.3 is 0 Å². The van der Waals surface area contributed by atoms with Crippen LogP contribution in [0.15, 0.2) is 48.5 Å². The van der Waals surface area contributed by atoms with Crippen LogP contribution in [-0.2, 0) is 6.54 Å². The summed E-state index contributed by atoms with van der Waals surface area (Å²) in [5.41, 5.74) is 7.91. The van der Waals surface area contributed by atoms with Crippen molar-refractivity contribution in [1.29, 1.82) is 0 Å². The van der Waals surface area contributed by atoms with Crippen LogP contribution >= 0.6 is 0 Å². The van der Waals surface area contributed by atoms with Gasteiger partial charge in [0.2, 0.25) is 0 Å². The van der Waals surface area contributed by atoms with Crippen molar-refractivity contribution in [2.75, 3.05) is 59.5 Å². The lowest BCUT2D eigenvalue weighted by atomic mass is 9.86. The summed E-state index contributed by atoms with van der Waals surface area (Å²) >= 11 is 0. The standard InChI is InChI=1S/C36H46N6O5/c1-47-30-11-3-2-10-25(30)24-40-21-9-23-42-35(45)28-14-12-26-31-27(13-15-29(32(28)31)36(42)46)34(44)41(33(26)43)22-8-20-39-19-7-6-18-38-17-5-4-16-37/h2-3,10-15,38-40H,4-9,16-24,37H2,1H3. The van der Waals surface area contributed by atoms with Gasteiger partial charge in [0.1, 0.15) is 5.75 Å². The first-order chi connectivity index (χ1) is 23.0. The highest BCUT2D eigenvalue weighted by atomic mass is 16.5. The Morgan fingerprint density at radius 1 is 0.574 bits per heavy atom. The van der Waals surface area contributed by atoms with E-state index >= 15 is 0 Å². The molecule has 2 aliphatic rings. The quantitative estimate of drug-likeness (QED) is 0.108. The molecule has 250 valence electrons. The van der Waals surface area contributed by atoms with Gasteiger partial charge in [-0.3, -0.25) is 29.0 Å². The Hall–Kier alpha value is -4.16. The van der Waals surface area contributed by atoms with Gasteiger partial charge in [0, 0.05) is 58.2 Å². The number of para-hydroxylation sites is 1. The lowest BCUT2D eigenvalue weighted by Crippen LogP contribution is -2.44. The fraction of sp³-hybridized carbons (Fsp3) is 0.444. The summed E-state index contributed by atoms with van der Waals surface area (Å²) in [4.78, 5) is 56.7. The van der Waals surface area contributed by atoms with Crippen LogP contribution in [0.5, 0.6) is 5.75 Å². The number of unbranched alkanes of at least 4 members (excludes halogenated alkanes) is 2.